The quantitative estimate of drug-likeness (QED) is 0.875. The molecule has 110 valence electrons. The molecule has 0 heterocycles. The average molecular weight is 320 g/mol. The normalized spacial score (nSPS) is 13.7. The van der Waals surface area contributed by atoms with Gasteiger partial charge >= 0.3 is 5.51 Å². The van der Waals surface area contributed by atoms with Crippen LogP contribution in [0.1, 0.15) is 5.56 Å². The third-order valence-electron chi connectivity index (χ3n) is 2.27. The minimum absolute atomic E-state index is 0. The molecule has 0 saturated carbocycles. The van der Waals surface area contributed by atoms with Crippen molar-refractivity contribution in [2.24, 2.45) is 5.73 Å². The Bertz CT molecular complexity index is 502. The molecule has 0 amide bonds. The lowest BCUT2D eigenvalue weighted by molar-refractivity contribution is -0.0436. The number of rotatable bonds is 4. The van der Waals surface area contributed by atoms with Crippen molar-refractivity contribution in [3.63, 3.8) is 0 Å². The fourth-order valence-corrected chi connectivity index (χ4v) is 2.07. The molecule has 0 aliphatic rings. The second kappa shape index (κ2) is 6.56. The largest absolute Gasteiger partial charge is 0.501 e. The molecular weight excluding hydrogens is 307 g/mol. The zero-order valence-corrected chi connectivity index (χ0v) is 11.2. The topological polar surface area (TPSA) is 80.4 Å². The third-order valence-corrected chi connectivity index (χ3v) is 3.77. The highest BCUT2D eigenvalue weighted by atomic mass is 35.5. The highest BCUT2D eigenvalue weighted by Crippen LogP contribution is 2.30. The number of aliphatic hydroxyl groups excluding tert-OH is 1. The summed E-state index contributed by atoms with van der Waals surface area (Å²) in [6.45, 7) is -0.261. The predicted molar refractivity (Wildman–Crippen MR) is 65.7 cm³/mol. The first-order valence-electron chi connectivity index (χ1n) is 4.95. The van der Waals surface area contributed by atoms with Crippen LogP contribution in [0.25, 0.3) is 0 Å². The molecule has 1 aromatic carbocycles. The van der Waals surface area contributed by atoms with Crippen molar-refractivity contribution in [1.82, 2.24) is 0 Å². The molecule has 0 aromatic heterocycles. The number of benzene rings is 1. The molecule has 1 aromatic rings. The Morgan fingerprint density at radius 3 is 2.05 bits per heavy atom. The number of hydrogen-bond donors (Lipinski definition) is 2. The number of aliphatic hydroxyl groups is 1. The van der Waals surface area contributed by atoms with Crippen molar-refractivity contribution < 1.29 is 26.7 Å². The van der Waals surface area contributed by atoms with Gasteiger partial charge in [0, 0.05) is 6.04 Å². The number of sulfone groups is 1. The lowest BCUT2D eigenvalue weighted by atomic mass is 10.1. The van der Waals surface area contributed by atoms with E-state index >= 15 is 0 Å². The van der Waals surface area contributed by atoms with Crippen molar-refractivity contribution in [3.05, 3.63) is 29.8 Å². The van der Waals surface area contributed by atoms with Crippen LogP contribution in [0.5, 0.6) is 0 Å². The molecule has 9 heteroatoms. The molecule has 0 radical (unpaired) electrons. The van der Waals surface area contributed by atoms with Crippen LogP contribution in [0.3, 0.4) is 0 Å². The highest BCUT2D eigenvalue weighted by Gasteiger charge is 2.46. The number of halogens is 4. The highest BCUT2D eigenvalue weighted by molar-refractivity contribution is 7.92. The van der Waals surface area contributed by atoms with Crippen LogP contribution < -0.4 is 5.73 Å². The summed E-state index contributed by atoms with van der Waals surface area (Å²) in [5, 5.41) is 8.72. The van der Waals surface area contributed by atoms with Crippen LogP contribution in [-0.2, 0) is 16.3 Å². The Morgan fingerprint density at radius 2 is 1.68 bits per heavy atom. The van der Waals surface area contributed by atoms with Crippen molar-refractivity contribution in [2.75, 3.05) is 6.61 Å². The van der Waals surface area contributed by atoms with E-state index in [-0.39, 0.29) is 25.4 Å². The molecule has 0 aliphatic carbocycles. The first-order chi connectivity index (χ1) is 8.18. The second-order valence-corrected chi connectivity index (χ2v) is 5.68. The summed E-state index contributed by atoms with van der Waals surface area (Å²) < 4.78 is 58.8. The van der Waals surface area contributed by atoms with Crippen molar-refractivity contribution >= 4 is 22.2 Å². The van der Waals surface area contributed by atoms with Crippen LogP contribution >= 0.6 is 12.4 Å². The molecule has 0 bridgehead atoms. The lowest BCUT2D eigenvalue weighted by Gasteiger charge is -2.10. The summed E-state index contributed by atoms with van der Waals surface area (Å²) in [4.78, 5) is -0.809. The molecule has 0 fully saturated rings. The molecule has 3 N–H and O–H groups in total. The van der Waals surface area contributed by atoms with Gasteiger partial charge in [-0.05, 0) is 24.1 Å². The maximum Gasteiger partial charge on any atom is 0.501 e. The molecule has 1 unspecified atom stereocenters. The molecular formula is C10H13ClF3NO3S. The number of nitrogens with two attached hydrogens (primary N) is 1. The Kier molecular flexibility index (Phi) is 6.27. The van der Waals surface area contributed by atoms with Gasteiger partial charge in [0.05, 0.1) is 11.5 Å². The van der Waals surface area contributed by atoms with Crippen LogP contribution in [0.4, 0.5) is 13.2 Å². The fourth-order valence-electron chi connectivity index (χ4n) is 1.31. The van der Waals surface area contributed by atoms with Gasteiger partial charge in [-0.25, -0.2) is 8.42 Å². The zero-order valence-electron chi connectivity index (χ0n) is 9.59. The Morgan fingerprint density at radius 1 is 1.21 bits per heavy atom. The van der Waals surface area contributed by atoms with Crippen LogP contribution in [0.15, 0.2) is 29.2 Å². The van der Waals surface area contributed by atoms with E-state index in [4.69, 9.17) is 10.8 Å². The maximum atomic E-state index is 12.2. The summed E-state index contributed by atoms with van der Waals surface area (Å²) in [6.07, 6.45) is 0.253. The second-order valence-electron chi connectivity index (χ2n) is 3.74. The third kappa shape index (κ3) is 4.34. The summed E-state index contributed by atoms with van der Waals surface area (Å²) >= 11 is 0. The molecule has 0 aliphatic heterocycles. The van der Waals surface area contributed by atoms with E-state index in [2.05, 4.69) is 0 Å². The van der Waals surface area contributed by atoms with Gasteiger partial charge in [0.25, 0.3) is 9.84 Å². The molecule has 19 heavy (non-hydrogen) atoms. The number of alkyl halides is 3. The standard InChI is InChI=1S/C10H12F3NO3S.ClH/c11-10(12,13)18(16,17)9-3-1-7(2-4-9)5-8(14)6-15;/h1-4,8,15H,5-6,14H2;1H. The van der Waals surface area contributed by atoms with Gasteiger partial charge in [0.15, 0.2) is 0 Å². The molecule has 1 atom stereocenters. The van der Waals surface area contributed by atoms with Crippen LogP contribution in [-0.4, -0.2) is 31.7 Å². The van der Waals surface area contributed by atoms with E-state index in [0.29, 0.717) is 5.56 Å². The van der Waals surface area contributed by atoms with E-state index in [1.807, 2.05) is 0 Å². The van der Waals surface area contributed by atoms with Crippen molar-refractivity contribution in [1.29, 1.82) is 0 Å². The van der Waals surface area contributed by atoms with E-state index in [1.54, 1.807) is 0 Å². The van der Waals surface area contributed by atoms with Gasteiger partial charge in [-0.15, -0.1) is 12.4 Å². The molecule has 0 spiro atoms. The first-order valence-corrected chi connectivity index (χ1v) is 6.43. The minimum Gasteiger partial charge on any atom is -0.395 e. The summed E-state index contributed by atoms with van der Waals surface area (Å²) in [5.74, 6) is 0. The van der Waals surface area contributed by atoms with E-state index in [9.17, 15) is 21.6 Å². The van der Waals surface area contributed by atoms with Gasteiger partial charge in [-0.1, -0.05) is 12.1 Å². The summed E-state index contributed by atoms with van der Waals surface area (Å²) in [5.41, 5.74) is 0.694. The predicted octanol–water partition coefficient (Wildman–Crippen LogP) is 1.26. The first kappa shape index (κ1) is 18.2. The molecule has 1 rings (SSSR count). The lowest BCUT2D eigenvalue weighted by Crippen LogP contribution is -2.27. The van der Waals surface area contributed by atoms with Crippen LogP contribution in [0.2, 0.25) is 0 Å². The summed E-state index contributed by atoms with van der Waals surface area (Å²) in [7, 11) is -5.31. The van der Waals surface area contributed by atoms with Gasteiger partial charge in [-0.2, -0.15) is 13.2 Å². The van der Waals surface area contributed by atoms with Gasteiger partial charge in [-0.3, -0.25) is 0 Å². The Labute approximate surface area is 114 Å². The van der Waals surface area contributed by atoms with E-state index < -0.39 is 26.3 Å². The Hall–Kier alpha value is -0.830. The zero-order chi connectivity index (χ0) is 14.0. The molecule has 0 saturated heterocycles. The smallest absolute Gasteiger partial charge is 0.395 e. The van der Waals surface area contributed by atoms with E-state index in [0.717, 1.165) is 12.1 Å². The summed E-state index contributed by atoms with van der Waals surface area (Å²) in [6, 6.07) is 3.71. The monoisotopic (exact) mass is 319 g/mol. The maximum absolute atomic E-state index is 12.2. The molecule has 4 nitrogen and oxygen atoms in total. The van der Waals surface area contributed by atoms with Gasteiger partial charge in [0.2, 0.25) is 0 Å². The fraction of sp³-hybridized carbons (Fsp3) is 0.400. The number of hydrogen-bond acceptors (Lipinski definition) is 4. The minimum atomic E-state index is -5.31. The van der Waals surface area contributed by atoms with Crippen molar-refractivity contribution in [2.45, 2.75) is 22.9 Å². The van der Waals surface area contributed by atoms with Gasteiger partial charge in [0.1, 0.15) is 0 Å². The Balaban J connectivity index is 0.00000324. The van der Waals surface area contributed by atoms with Crippen LogP contribution in [0, 0.1) is 0 Å². The van der Waals surface area contributed by atoms with Crippen molar-refractivity contribution in [3.8, 4) is 0 Å². The van der Waals surface area contributed by atoms with Gasteiger partial charge < -0.3 is 10.8 Å². The van der Waals surface area contributed by atoms with E-state index in [1.165, 1.54) is 12.1 Å². The SMILES string of the molecule is Cl.NC(CO)Cc1ccc(S(=O)(=O)C(F)(F)F)cc1. The average Bonchev–Trinajstić information content (AvgIpc) is 2.28.